The van der Waals surface area contributed by atoms with Crippen molar-refractivity contribution in [1.82, 2.24) is 4.90 Å². The minimum atomic E-state index is -5.06. The molecule has 0 fully saturated rings. The Morgan fingerprint density at radius 2 is 1.53 bits per heavy atom. The first-order valence-electron chi connectivity index (χ1n) is 10.1. The third-order valence-electron chi connectivity index (χ3n) is 5.17. The van der Waals surface area contributed by atoms with Gasteiger partial charge in [0.25, 0.3) is 5.91 Å². The lowest BCUT2D eigenvalue weighted by molar-refractivity contribution is -0.143. The summed E-state index contributed by atoms with van der Waals surface area (Å²) >= 11 is 0. The van der Waals surface area contributed by atoms with Crippen LogP contribution in [0.1, 0.15) is 29.2 Å². The number of ether oxygens (including phenoxy) is 1. The van der Waals surface area contributed by atoms with Crippen LogP contribution in [0.4, 0.5) is 26.3 Å². The van der Waals surface area contributed by atoms with Crippen LogP contribution in [0.15, 0.2) is 59.9 Å². The molecular weight excluding hydrogens is 468 g/mol. The molecule has 0 radical (unpaired) electrons. The highest BCUT2D eigenvalue weighted by molar-refractivity contribution is 6.18. The predicted octanol–water partition coefficient (Wildman–Crippen LogP) is 5.05. The number of aliphatic hydroxyl groups excluding tert-OH is 1. The number of amides is 1. The maximum Gasteiger partial charge on any atom is 0.416 e. The number of hydrogen-bond donors (Lipinski definition) is 1. The van der Waals surface area contributed by atoms with E-state index in [0.717, 1.165) is 4.90 Å². The molecule has 0 unspecified atom stereocenters. The van der Waals surface area contributed by atoms with E-state index in [1.54, 1.807) is 30.3 Å². The second kappa shape index (κ2) is 9.40. The van der Waals surface area contributed by atoms with Gasteiger partial charge in [-0.1, -0.05) is 30.3 Å². The number of nitrogens with zero attached hydrogens (tertiary/aromatic N) is 1. The number of alkyl halides is 6. The van der Waals surface area contributed by atoms with Gasteiger partial charge in [-0.05, 0) is 36.2 Å². The van der Waals surface area contributed by atoms with Gasteiger partial charge in [0.1, 0.15) is 5.76 Å². The van der Waals surface area contributed by atoms with Gasteiger partial charge in [0, 0.05) is 13.0 Å². The molecule has 0 aliphatic carbocycles. The van der Waals surface area contributed by atoms with Crippen LogP contribution in [0.25, 0.3) is 0 Å². The van der Waals surface area contributed by atoms with Gasteiger partial charge < -0.3 is 14.7 Å². The van der Waals surface area contributed by atoms with Crippen LogP contribution in [-0.4, -0.2) is 34.5 Å². The van der Waals surface area contributed by atoms with Gasteiger partial charge >= 0.3 is 18.3 Å². The zero-order valence-corrected chi connectivity index (χ0v) is 17.7. The Kier molecular flexibility index (Phi) is 6.94. The Morgan fingerprint density at radius 1 is 0.971 bits per heavy atom. The topological polar surface area (TPSA) is 66.8 Å². The van der Waals surface area contributed by atoms with E-state index < -0.39 is 64.8 Å². The zero-order valence-electron chi connectivity index (χ0n) is 17.7. The second-order valence-electron chi connectivity index (χ2n) is 7.53. The van der Waals surface area contributed by atoms with Crippen molar-refractivity contribution in [1.29, 1.82) is 0 Å². The van der Waals surface area contributed by atoms with E-state index in [4.69, 9.17) is 4.74 Å². The number of carbonyl (C=O) groups excluding carboxylic acids is 2. The summed E-state index contributed by atoms with van der Waals surface area (Å²) in [5, 5.41) is 10.6. The lowest BCUT2D eigenvalue weighted by atomic mass is 10.0. The monoisotopic (exact) mass is 487 g/mol. The molecule has 34 heavy (non-hydrogen) atoms. The van der Waals surface area contributed by atoms with Crippen molar-refractivity contribution in [3.63, 3.8) is 0 Å². The van der Waals surface area contributed by atoms with Gasteiger partial charge in [0.05, 0.1) is 23.8 Å². The summed E-state index contributed by atoms with van der Waals surface area (Å²) in [6.07, 6.45) is -10.2. The molecule has 1 N–H and O–H groups in total. The largest absolute Gasteiger partial charge is 0.509 e. The second-order valence-corrected chi connectivity index (χ2v) is 7.53. The highest BCUT2D eigenvalue weighted by Gasteiger charge is 2.44. The number of benzene rings is 2. The summed E-state index contributed by atoms with van der Waals surface area (Å²) in [7, 11) is 0. The summed E-state index contributed by atoms with van der Waals surface area (Å²) in [5.41, 5.74) is -3.63. The maximum atomic E-state index is 13.2. The highest BCUT2D eigenvalue weighted by atomic mass is 19.4. The van der Waals surface area contributed by atoms with Crippen molar-refractivity contribution in [3.05, 3.63) is 82.1 Å². The molecule has 1 aliphatic heterocycles. The van der Waals surface area contributed by atoms with E-state index in [1.807, 2.05) is 0 Å². The molecule has 1 atom stereocenters. The lowest BCUT2D eigenvalue weighted by Gasteiger charge is -2.26. The molecule has 0 aromatic heterocycles. The third kappa shape index (κ3) is 5.35. The summed E-state index contributed by atoms with van der Waals surface area (Å²) < 4.78 is 84.3. The fraction of sp³-hybridized carbons (Fsp3) is 0.304. The standard InChI is InChI=1S/C23H19F6NO4/c1-2-34-21(33)18-19(31)17(10-13-6-4-3-5-7-13)30(20(18)32)12-14-8-15(22(24,25)26)11-16(9-14)23(27,28)29/h3-9,11,17,31H,2,10,12H2,1H3/t17-/m1/s1. The maximum absolute atomic E-state index is 13.2. The Bertz CT molecular complexity index is 1080. The molecule has 1 heterocycles. The van der Waals surface area contributed by atoms with Crippen molar-refractivity contribution in [2.45, 2.75) is 38.3 Å². The Labute approximate surface area is 190 Å². The van der Waals surface area contributed by atoms with E-state index in [1.165, 1.54) is 6.92 Å². The van der Waals surface area contributed by atoms with Gasteiger partial charge in [-0.2, -0.15) is 26.3 Å². The van der Waals surface area contributed by atoms with Gasteiger partial charge in [0.15, 0.2) is 5.57 Å². The number of rotatable bonds is 6. The van der Waals surface area contributed by atoms with Crippen LogP contribution >= 0.6 is 0 Å². The first-order chi connectivity index (χ1) is 15.8. The number of carbonyl (C=O) groups is 2. The fourth-order valence-corrected chi connectivity index (χ4v) is 3.64. The molecule has 182 valence electrons. The van der Waals surface area contributed by atoms with E-state index >= 15 is 0 Å². The molecule has 5 nitrogen and oxygen atoms in total. The fourth-order valence-electron chi connectivity index (χ4n) is 3.64. The number of esters is 1. The summed E-state index contributed by atoms with van der Waals surface area (Å²) in [6, 6.07) is 8.16. The smallest absolute Gasteiger partial charge is 0.416 e. The van der Waals surface area contributed by atoms with E-state index in [2.05, 4.69) is 0 Å². The van der Waals surface area contributed by atoms with E-state index in [9.17, 15) is 41.0 Å². The summed E-state index contributed by atoms with van der Waals surface area (Å²) in [5.74, 6) is -2.84. The van der Waals surface area contributed by atoms with Crippen LogP contribution in [0.3, 0.4) is 0 Å². The van der Waals surface area contributed by atoms with E-state index in [0.29, 0.717) is 17.7 Å². The Hall–Kier alpha value is -3.50. The van der Waals surface area contributed by atoms with Crippen LogP contribution in [0.5, 0.6) is 0 Å². The number of hydrogen-bond acceptors (Lipinski definition) is 4. The van der Waals surface area contributed by atoms with Crippen molar-refractivity contribution in [3.8, 4) is 0 Å². The minimum absolute atomic E-state index is 0.0173. The van der Waals surface area contributed by atoms with Crippen molar-refractivity contribution >= 4 is 11.9 Å². The average molecular weight is 487 g/mol. The van der Waals surface area contributed by atoms with Gasteiger partial charge in [-0.3, -0.25) is 4.79 Å². The quantitative estimate of drug-likeness (QED) is 0.352. The number of aliphatic hydroxyl groups is 1. The summed E-state index contributed by atoms with van der Waals surface area (Å²) in [4.78, 5) is 26.1. The van der Waals surface area contributed by atoms with Gasteiger partial charge in [0.2, 0.25) is 0 Å². The molecular formula is C23H19F6NO4. The Morgan fingerprint density at radius 3 is 2.03 bits per heavy atom. The first kappa shape index (κ1) is 25.1. The molecule has 0 bridgehead atoms. The molecule has 0 spiro atoms. The van der Waals surface area contributed by atoms with Crippen LogP contribution in [-0.2, 0) is 39.6 Å². The number of halogens is 6. The molecule has 0 saturated heterocycles. The van der Waals surface area contributed by atoms with Crippen LogP contribution in [0, 0.1) is 0 Å². The lowest BCUT2D eigenvalue weighted by Crippen LogP contribution is -2.37. The first-order valence-corrected chi connectivity index (χ1v) is 10.1. The SMILES string of the molecule is CCOC(=O)C1=C(O)[C@@H](Cc2ccccc2)N(Cc2cc(C(F)(F)F)cc(C(F)(F)F)c2)C1=O. The van der Waals surface area contributed by atoms with Gasteiger partial charge in [-0.15, -0.1) is 0 Å². The highest BCUT2D eigenvalue weighted by Crippen LogP contribution is 2.37. The predicted molar refractivity (Wildman–Crippen MR) is 107 cm³/mol. The van der Waals surface area contributed by atoms with Crippen molar-refractivity contribution in [2.24, 2.45) is 0 Å². The average Bonchev–Trinajstić information content (AvgIpc) is 2.97. The molecule has 0 saturated carbocycles. The molecule has 2 aromatic rings. The molecule has 2 aromatic carbocycles. The van der Waals surface area contributed by atoms with Crippen molar-refractivity contribution < 1.29 is 45.8 Å². The van der Waals surface area contributed by atoms with E-state index in [-0.39, 0.29) is 19.1 Å². The Balaban J connectivity index is 2.04. The van der Waals surface area contributed by atoms with Crippen molar-refractivity contribution in [2.75, 3.05) is 6.61 Å². The van der Waals surface area contributed by atoms with Crippen LogP contribution in [0.2, 0.25) is 0 Å². The zero-order chi connectivity index (χ0) is 25.3. The molecule has 3 rings (SSSR count). The normalized spacial score (nSPS) is 16.9. The third-order valence-corrected chi connectivity index (χ3v) is 5.17. The van der Waals surface area contributed by atoms with Gasteiger partial charge in [-0.25, -0.2) is 4.79 Å². The molecule has 1 amide bonds. The molecule has 11 heteroatoms. The van der Waals surface area contributed by atoms with Crippen LogP contribution < -0.4 is 0 Å². The minimum Gasteiger partial charge on any atom is -0.509 e. The summed E-state index contributed by atoms with van der Waals surface area (Å²) in [6.45, 7) is 0.639. The molecule has 1 aliphatic rings.